The monoisotopic (exact) mass is 429 g/mol. The lowest BCUT2D eigenvalue weighted by Gasteiger charge is -2.36. The highest BCUT2D eigenvalue weighted by Gasteiger charge is 2.33. The van der Waals surface area contributed by atoms with Crippen molar-refractivity contribution in [2.24, 2.45) is 5.10 Å². The lowest BCUT2D eigenvalue weighted by atomic mass is 10.0. The van der Waals surface area contributed by atoms with Crippen molar-refractivity contribution in [1.29, 1.82) is 0 Å². The van der Waals surface area contributed by atoms with Crippen LogP contribution in [0.2, 0.25) is 0 Å². The third kappa shape index (κ3) is 4.23. The number of hydrogen-bond donors (Lipinski definition) is 0. The minimum atomic E-state index is -0.0694. The fourth-order valence-electron chi connectivity index (χ4n) is 4.31. The molecule has 1 atom stereocenters. The van der Waals surface area contributed by atoms with Crippen LogP contribution in [0.15, 0.2) is 76.6 Å². The molecule has 2 aliphatic rings. The smallest absolute Gasteiger partial charge is 0.244 e. The van der Waals surface area contributed by atoms with Crippen LogP contribution in [0.1, 0.15) is 29.3 Å². The molecule has 1 aromatic carbocycles. The molecule has 7 nitrogen and oxygen atoms in total. The van der Waals surface area contributed by atoms with Crippen molar-refractivity contribution in [2.75, 3.05) is 37.6 Å². The molecule has 0 saturated carbocycles. The summed E-state index contributed by atoms with van der Waals surface area (Å²) < 4.78 is 5.69. The third-order valence-electron chi connectivity index (χ3n) is 6.15. The van der Waals surface area contributed by atoms with Crippen molar-refractivity contribution < 1.29 is 9.21 Å². The number of furan rings is 1. The summed E-state index contributed by atoms with van der Waals surface area (Å²) in [6.45, 7) is 5.24. The van der Waals surface area contributed by atoms with Crippen LogP contribution >= 0.6 is 0 Å². The van der Waals surface area contributed by atoms with Crippen molar-refractivity contribution >= 4 is 17.4 Å². The number of pyridine rings is 1. The molecule has 2 aromatic heterocycles. The first-order valence-electron chi connectivity index (χ1n) is 11.1. The Morgan fingerprint density at radius 1 is 1.03 bits per heavy atom. The molecule has 164 valence electrons. The first-order valence-corrected chi connectivity index (χ1v) is 11.1. The van der Waals surface area contributed by atoms with Crippen LogP contribution in [0.25, 0.3) is 0 Å². The first kappa shape index (κ1) is 20.3. The van der Waals surface area contributed by atoms with E-state index in [2.05, 4.69) is 41.1 Å². The molecule has 1 unspecified atom stereocenters. The van der Waals surface area contributed by atoms with E-state index in [4.69, 9.17) is 9.52 Å². The Morgan fingerprint density at radius 3 is 2.53 bits per heavy atom. The molecule has 0 spiro atoms. The Hall–Kier alpha value is -3.61. The Balaban J connectivity index is 1.27. The number of nitrogens with zero attached hydrogens (tertiary/aromatic N) is 5. The van der Waals surface area contributed by atoms with Crippen LogP contribution < -0.4 is 4.90 Å². The van der Waals surface area contributed by atoms with Gasteiger partial charge in [-0.1, -0.05) is 35.9 Å². The Bertz CT molecular complexity index is 1070. The molecule has 2 aliphatic heterocycles. The molecular weight excluding hydrogens is 402 g/mol. The van der Waals surface area contributed by atoms with Crippen molar-refractivity contribution in [2.45, 2.75) is 19.4 Å². The highest BCUT2D eigenvalue weighted by Crippen LogP contribution is 2.33. The van der Waals surface area contributed by atoms with Crippen LogP contribution in [-0.4, -0.2) is 59.2 Å². The molecule has 0 radical (unpaired) electrons. The minimum Gasteiger partial charge on any atom is -0.467 e. The molecule has 0 aliphatic carbocycles. The molecule has 0 bridgehead atoms. The standard InChI is InChI=1S/C25H27N5O2/c1-19-7-9-20(10-8-19)21-17-22(23-5-4-16-32-23)30(27-21)18-25(31)29-14-12-28(13-15-29)24-6-2-3-11-26-24/h2-11,16,22H,12-15,17-18H2,1H3. The van der Waals surface area contributed by atoms with E-state index in [1.807, 2.05) is 40.2 Å². The Labute approximate surface area is 188 Å². The van der Waals surface area contributed by atoms with Gasteiger partial charge in [-0.3, -0.25) is 9.80 Å². The van der Waals surface area contributed by atoms with Crippen molar-refractivity contribution in [3.63, 3.8) is 0 Å². The number of rotatable bonds is 5. The number of carbonyl (C=O) groups is 1. The maximum absolute atomic E-state index is 13.2. The number of hydrogen-bond acceptors (Lipinski definition) is 6. The summed E-state index contributed by atoms with van der Waals surface area (Å²) in [6.07, 6.45) is 4.20. The SMILES string of the molecule is Cc1ccc(C2=NN(CC(=O)N3CCN(c4ccccn4)CC3)C(c3ccco3)C2)cc1. The Morgan fingerprint density at radius 2 is 1.84 bits per heavy atom. The lowest BCUT2D eigenvalue weighted by Crippen LogP contribution is -2.51. The maximum Gasteiger partial charge on any atom is 0.244 e. The molecule has 0 N–H and O–H groups in total. The molecular formula is C25H27N5O2. The molecule has 4 heterocycles. The summed E-state index contributed by atoms with van der Waals surface area (Å²) >= 11 is 0. The predicted molar refractivity (Wildman–Crippen MR) is 124 cm³/mol. The van der Waals surface area contributed by atoms with Crippen LogP contribution in [0.3, 0.4) is 0 Å². The van der Waals surface area contributed by atoms with Gasteiger partial charge in [-0.05, 0) is 36.8 Å². The van der Waals surface area contributed by atoms with Crippen LogP contribution in [0.4, 0.5) is 5.82 Å². The quantitative estimate of drug-likeness (QED) is 0.621. The topological polar surface area (TPSA) is 65.2 Å². The number of aromatic nitrogens is 1. The number of amides is 1. The molecule has 32 heavy (non-hydrogen) atoms. The molecule has 7 heteroatoms. The largest absolute Gasteiger partial charge is 0.467 e. The fourth-order valence-corrected chi connectivity index (χ4v) is 4.31. The van der Waals surface area contributed by atoms with Crippen LogP contribution in [0.5, 0.6) is 0 Å². The van der Waals surface area contributed by atoms with E-state index in [1.54, 1.807) is 12.5 Å². The van der Waals surface area contributed by atoms with Gasteiger partial charge in [0.25, 0.3) is 0 Å². The highest BCUT2D eigenvalue weighted by molar-refractivity contribution is 6.02. The summed E-state index contributed by atoms with van der Waals surface area (Å²) in [5.74, 6) is 1.89. The minimum absolute atomic E-state index is 0.0694. The second-order valence-corrected chi connectivity index (χ2v) is 8.30. The predicted octanol–water partition coefficient (Wildman–Crippen LogP) is 3.48. The maximum atomic E-state index is 13.2. The third-order valence-corrected chi connectivity index (χ3v) is 6.15. The van der Waals surface area contributed by atoms with Gasteiger partial charge < -0.3 is 14.2 Å². The summed E-state index contributed by atoms with van der Waals surface area (Å²) in [4.78, 5) is 21.7. The van der Waals surface area contributed by atoms with Crippen LogP contribution in [0, 0.1) is 6.92 Å². The second-order valence-electron chi connectivity index (χ2n) is 8.30. The molecule has 3 aromatic rings. The molecule has 1 saturated heterocycles. The first-order chi connectivity index (χ1) is 15.7. The van der Waals surface area contributed by atoms with Gasteiger partial charge in [0.2, 0.25) is 5.91 Å². The number of benzene rings is 1. The van der Waals surface area contributed by atoms with Crippen molar-refractivity contribution in [1.82, 2.24) is 14.9 Å². The second kappa shape index (κ2) is 8.86. The van der Waals surface area contributed by atoms with E-state index in [1.165, 1.54) is 5.56 Å². The van der Waals surface area contributed by atoms with Crippen molar-refractivity contribution in [3.05, 3.63) is 83.9 Å². The van der Waals surface area contributed by atoms with E-state index >= 15 is 0 Å². The Kier molecular flexibility index (Phi) is 5.62. The van der Waals surface area contributed by atoms with E-state index in [-0.39, 0.29) is 18.5 Å². The highest BCUT2D eigenvalue weighted by atomic mass is 16.3. The van der Waals surface area contributed by atoms with Gasteiger partial charge in [0.15, 0.2) is 0 Å². The zero-order chi connectivity index (χ0) is 21.9. The number of anilines is 1. The summed E-state index contributed by atoms with van der Waals surface area (Å²) in [5.41, 5.74) is 3.29. The van der Waals surface area contributed by atoms with Crippen LogP contribution in [-0.2, 0) is 4.79 Å². The van der Waals surface area contributed by atoms with Gasteiger partial charge >= 0.3 is 0 Å². The zero-order valence-electron chi connectivity index (χ0n) is 18.2. The van der Waals surface area contributed by atoms with Gasteiger partial charge in [0.05, 0.1) is 12.0 Å². The van der Waals surface area contributed by atoms with E-state index in [0.29, 0.717) is 13.1 Å². The molecule has 1 fully saturated rings. The molecule has 1 amide bonds. The van der Waals surface area contributed by atoms with Gasteiger partial charge in [0, 0.05) is 38.8 Å². The van der Waals surface area contributed by atoms with E-state index < -0.39 is 0 Å². The lowest BCUT2D eigenvalue weighted by molar-refractivity contribution is -0.133. The van der Waals surface area contributed by atoms with Crippen molar-refractivity contribution in [3.8, 4) is 0 Å². The van der Waals surface area contributed by atoms with Gasteiger partial charge in [-0.15, -0.1) is 0 Å². The number of aryl methyl sites for hydroxylation is 1. The van der Waals surface area contributed by atoms with Gasteiger partial charge in [-0.2, -0.15) is 5.10 Å². The fraction of sp³-hybridized carbons (Fsp3) is 0.320. The average Bonchev–Trinajstić information content (AvgIpc) is 3.50. The van der Waals surface area contributed by atoms with E-state index in [9.17, 15) is 4.79 Å². The molecule has 5 rings (SSSR count). The number of hydrazone groups is 1. The summed E-state index contributed by atoms with van der Waals surface area (Å²) in [6, 6.07) is 18.1. The normalized spacial score (nSPS) is 18.7. The summed E-state index contributed by atoms with van der Waals surface area (Å²) in [5, 5.41) is 6.74. The van der Waals surface area contributed by atoms with Gasteiger partial charge in [0.1, 0.15) is 24.2 Å². The van der Waals surface area contributed by atoms with Gasteiger partial charge in [-0.25, -0.2) is 4.98 Å². The number of piperazine rings is 1. The average molecular weight is 430 g/mol. The van der Waals surface area contributed by atoms with E-state index in [0.717, 1.165) is 42.4 Å². The zero-order valence-corrected chi connectivity index (χ0v) is 18.2. The summed E-state index contributed by atoms with van der Waals surface area (Å²) in [7, 11) is 0. The number of carbonyl (C=O) groups excluding carboxylic acids is 1.